The molecular formula is C18H20O3. The molecule has 3 rings (SSSR count). The summed E-state index contributed by atoms with van der Waals surface area (Å²) in [4.78, 5) is 0. The number of benzene rings is 2. The van der Waals surface area contributed by atoms with E-state index < -0.39 is 5.60 Å². The van der Waals surface area contributed by atoms with Crippen molar-refractivity contribution in [3.63, 3.8) is 0 Å². The minimum absolute atomic E-state index is 0.624. The zero-order chi connectivity index (χ0) is 14.9. The number of hydrogen-bond acceptors (Lipinski definition) is 3. The molecule has 0 radical (unpaired) electrons. The molecule has 0 heterocycles. The third-order valence-corrected chi connectivity index (χ3v) is 4.30. The highest BCUT2D eigenvalue weighted by Gasteiger charge is 2.34. The maximum absolute atomic E-state index is 11.1. The maximum Gasteiger partial charge on any atom is 0.122 e. The number of ether oxygens (including phenoxy) is 2. The molecule has 3 nitrogen and oxygen atoms in total. The van der Waals surface area contributed by atoms with Gasteiger partial charge < -0.3 is 14.6 Å². The van der Waals surface area contributed by atoms with E-state index in [4.69, 9.17) is 9.47 Å². The third kappa shape index (κ3) is 2.61. The summed E-state index contributed by atoms with van der Waals surface area (Å²) in [7, 11) is 3.25. The molecule has 0 aromatic heterocycles. The monoisotopic (exact) mass is 284 g/mol. The van der Waals surface area contributed by atoms with E-state index >= 15 is 0 Å². The number of hydrogen-bond donors (Lipinski definition) is 1. The first-order valence-corrected chi connectivity index (χ1v) is 7.17. The van der Waals surface area contributed by atoms with Gasteiger partial charge in [0.2, 0.25) is 0 Å². The summed E-state index contributed by atoms with van der Waals surface area (Å²) >= 11 is 0. The summed E-state index contributed by atoms with van der Waals surface area (Å²) < 4.78 is 10.6. The molecule has 0 amide bonds. The lowest BCUT2D eigenvalue weighted by molar-refractivity contribution is 0.0219. The van der Waals surface area contributed by atoms with E-state index in [0.717, 1.165) is 12.0 Å². The van der Waals surface area contributed by atoms with Gasteiger partial charge in [0.05, 0.1) is 19.8 Å². The molecule has 0 spiro atoms. The van der Waals surface area contributed by atoms with E-state index in [1.165, 1.54) is 11.1 Å². The molecule has 110 valence electrons. The van der Waals surface area contributed by atoms with Gasteiger partial charge >= 0.3 is 0 Å². The van der Waals surface area contributed by atoms with E-state index in [1.807, 2.05) is 24.3 Å². The molecule has 2 aromatic carbocycles. The molecule has 1 aliphatic rings. The Morgan fingerprint density at radius 3 is 2.19 bits per heavy atom. The zero-order valence-corrected chi connectivity index (χ0v) is 12.4. The second kappa shape index (κ2) is 5.41. The lowest BCUT2D eigenvalue weighted by Crippen LogP contribution is -2.33. The van der Waals surface area contributed by atoms with Crippen molar-refractivity contribution in [1.29, 1.82) is 0 Å². The van der Waals surface area contributed by atoms with Crippen LogP contribution in [0.1, 0.15) is 23.1 Å². The van der Waals surface area contributed by atoms with E-state index in [1.54, 1.807) is 14.2 Å². The lowest BCUT2D eigenvalue weighted by Gasteiger charge is -2.34. The van der Waals surface area contributed by atoms with E-state index in [-0.39, 0.29) is 0 Å². The quantitative estimate of drug-likeness (QED) is 0.941. The second-order valence-corrected chi connectivity index (χ2v) is 5.58. The number of rotatable bonds is 3. The standard InChI is InChI=1S/C18H20O3/c1-20-16-9-15(10-17(11-16)21-2)18(19)8-7-13-5-3-4-6-14(13)12-18/h3-6,9-11,19H,7-8,12H2,1-2H3. The molecular weight excluding hydrogens is 264 g/mol. The van der Waals surface area contributed by atoms with Gasteiger partial charge in [-0.2, -0.15) is 0 Å². The highest BCUT2D eigenvalue weighted by Crippen LogP contribution is 2.39. The van der Waals surface area contributed by atoms with Crippen LogP contribution in [0.3, 0.4) is 0 Å². The Morgan fingerprint density at radius 1 is 0.952 bits per heavy atom. The lowest BCUT2D eigenvalue weighted by atomic mass is 9.76. The van der Waals surface area contributed by atoms with Gasteiger partial charge in [0.1, 0.15) is 11.5 Å². The summed E-state index contributed by atoms with van der Waals surface area (Å²) in [5, 5.41) is 11.1. The van der Waals surface area contributed by atoms with Crippen LogP contribution in [0, 0.1) is 0 Å². The number of fused-ring (bicyclic) bond motifs is 1. The third-order valence-electron chi connectivity index (χ3n) is 4.30. The van der Waals surface area contributed by atoms with Gasteiger partial charge in [0, 0.05) is 12.5 Å². The number of aliphatic hydroxyl groups is 1. The number of aryl methyl sites for hydroxylation is 1. The first kappa shape index (κ1) is 14.0. The molecule has 0 bridgehead atoms. The molecule has 1 N–H and O–H groups in total. The predicted molar refractivity (Wildman–Crippen MR) is 81.9 cm³/mol. The van der Waals surface area contributed by atoms with Crippen molar-refractivity contribution < 1.29 is 14.6 Å². The zero-order valence-electron chi connectivity index (χ0n) is 12.4. The molecule has 1 unspecified atom stereocenters. The first-order chi connectivity index (χ1) is 10.1. The van der Waals surface area contributed by atoms with Gasteiger partial charge in [-0.1, -0.05) is 24.3 Å². The van der Waals surface area contributed by atoms with Crippen LogP contribution in [-0.2, 0) is 18.4 Å². The highest BCUT2D eigenvalue weighted by atomic mass is 16.5. The average molecular weight is 284 g/mol. The molecule has 0 saturated carbocycles. The Labute approximate surface area is 125 Å². The average Bonchev–Trinajstić information content (AvgIpc) is 2.54. The first-order valence-electron chi connectivity index (χ1n) is 7.17. The normalized spacial score (nSPS) is 20.7. The van der Waals surface area contributed by atoms with Gasteiger partial charge in [-0.25, -0.2) is 0 Å². The van der Waals surface area contributed by atoms with Crippen molar-refractivity contribution in [2.75, 3.05) is 14.2 Å². The van der Waals surface area contributed by atoms with Crippen molar-refractivity contribution in [3.05, 3.63) is 59.2 Å². The summed E-state index contributed by atoms with van der Waals surface area (Å²) in [6, 6.07) is 13.9. The maximum atomic E-state index is 11.1. The SMILES string of the molecule is COc1cc(OC)cc(C2(O)CCc3ccccc3C2)c1. The van der Waals surface area contributed by atoms with Gasteiger partial charge in [-0.05, 0) is 41.7 Å². The Balaban J connectivity index is 2.00. The molecule has 0 fully saturated rings. The largest absolute Gasteiger partial charge is 0.497 e. The smallest absolute Gasteiger partial charge is 0.122 e. The number of methoxy groups -OCH3 is 2. The molecule has 2 aromatic rings. The minimum Gasteiger partial charge on any atom is -0.497 e. The molecule has 21 heavy (non-hydrogen) atoms. The van der Waals surface area contributed by atoms with Crippen LogP contribution in [0.25, 0.3) is 0 Å². The topological polar surface area (TPSA) is 38.7 Å². The van der Waals surface area contributed by atoms with Crippen molar-refractivity contribution in [3.8, 4) is 11.5 Å². The fourth-order valence-corrected chi connectivity index (χ4v) is 3.04. The van der Waals surface area contributed by atoms with Crippen molar-refractivity contribution >= 4 is 0 Å². The molecule has 1 atom stereocenters. The van der Waals surface area contributed by atoms with Gasteiger partial charge in [0.15, 0.2) is 0 Å². The summed E-state index contributed by atoms with van der Waals surface area (Å²) in [5.41, 5.74) is 2.54. The van der Waals surface area contributed by atoms with E-state index in [0.29, 0.717) is 24.3 Å². The van der Waals surface area contributed by atoms with Crippen LogP contribution in [0.15, 0.2) is 42.5 Å². The Bertz CT molecular complexity index is 628. The second-order valence-electron chi connectivity index (χ2n) is 5.58. The molecule has 0 aliphatic heterocycles. The van der Waals surface area contributed by atoms with E-state index in [2.05, 4.69) is 18.2 Å². The van der Waals surface area contributed by atoms with Crippen molar-refractivity contribution in [2.45, 2.75) is 24.9 Å². The van der Waals surface area contributed by atoms with Gasteiger partial charge in [-0.15, -0.1) is 0 Å². The Morgan fingerprint density at radius 2 is 1.57 bits per heavy atom. The van der Waals surface area contributed by atoms with Crippen LogP contribution in [0.5, 0.6) is 11.5 Å². The van der Waals surface area contributed by atoms with Crippen LogP contribution in [0.2, 0.25) is 0 Å². The minimum atomic E-state index is -0.865. The van der Waals surface area contributed by atoms with Crippen molar-refractivity contribution in [1.82, 2.24) is 0 Å². The summed E-state index contributed by atoms with van der Waals surface area (Å²) in [6.45, 7) is 0. The van der Waals surface area contributed by atoms with Crippen LogP contribution in [0.4, 0.5) is 0 Å². The van der Waals surface area contributed by atoms with E-state index in [9.17, 15) is 5.11 Å². The van der Waals surface area contributed by atoms with Gasteiger partial charge in [-0.3, -0.25) is 0 Å². The highest BCUT2D eigenvalue weighted by molar-refractivity contribution is 5.43. The predicted octanol–water partition coefficient (Wildman–Crippen LogP) is 3.08. The fraction of sp³-hybridized carbons (Fsp3) is 0.333. The van der Waals surface area contributed by atoms with Gasteiger partial charge in [0.25, 0.3) is 0 Å². The molecule has 1 aliphatic carbocycles. The molecule has 3 heteroatoms. The Hall–Kier alpha value is -2.00. The van der Waals surface area contributed by atoms with Crippen molar-refractivity contribution in [2.24, 2.45) is 0 Å². The van der Waals surface area contributed by atoms with Crippen LogP contribution in [-0.4, -0.2) is 19.3 Å². The Kier molecular flexibility index (Phi) is 3.60. The molecule has 0 saturated heterocycles. The summed E-state index contributed by atoms with van der Waals surface area (Å²) in [5.74, 6) is 1.41. The summed E-state index contributed by atoms with van der Waals surface area (Å²) in [6.07, 6.45) is 2.21. The van der Waals surface area contributed by atoms with Crippen LogP contribution < -0.4 is 9.47 Å². The fourth-order valence-electron chi connectivity index (χ4n) is 3.04. The van der Waals surface area contributed by atoms with Crippen LogP contribution >= 0.6 is 0 Å².